The van der Waals surface area contributed by atoms with E-state index in [1.54, 1.807) is 18.0 Å². The number of alkyl halides is 3. The highest BCUT2D eigenvalue weighted by Gasteiger charge is 2.36. The summed E-state index contributed by atoms with van der Waals surface area (Å²) in [6.45, 7) is 0. The molecular formula is C23H21ClF4N4O. The topological polar surface area (TPSA) is 58.1 Å². The molecule has 0 bridgehead atoms. The fourth-order valence-electron chi connectivity index (χ4n) is 4.13. The second kappa shape index (κ2) is 9.13. The minimum absolute atomic E-state index is 0.0675. The van der Waals surface area contributed by atoms with Crippen molar-refractivity contribution in [1.82, 2.24) is 15.3 Å². The number of aromatic nitrogens is 2. The molecule has 1 aliphatic carbocycles. The first-order chi connectivity index (χ1) is 15.6. The second-order valence-corrected chi connectivity index (χ2v) is 8.56. The van der Waals surface area contributed by atoms with Gasteiger partial charge in [0.1, 0.15) is 11.6 Å². The molecule has 0 radical (unpaired) electrons. The van der Waals surface area contributed by atoms with Crippen molar-refractivity contribution in [2.45, 2.75) is 43.9 Å². The minimum atomic E-state index is -4.67. The van der Waals surface area contributed by atoms with Gasteiger partial charge in [0.2, 0.25) is 5.82 Å². The average Bonchev–Trinajstić information content (AvgIpc) is 2.78. The van der Waals surface area contributed by atoms with Gasteiger partial charge in [-0.15, -0.1) is 0 Å². The zero-order valence-electron chi connectivity index (χ0n) is 17.7. The number of nitrogens with zero attached hydrogens (tertiary/aromatic N) is 3. The Labute approximate surface area is 192 Å². The zero-order valence-corrected chi connectivity index (χ0v) is 18.4. The number of halogens is 5. The Morgan fingerprint density at radius 3 is 2.36 bits per heavy atom. The molecule has 5 nitrogen and oxygen atoms in total. The summed E-state index contributed by atoms with van der Waals surface area (Å²) in [6, 6.07) is 9.68. The van der Waals surface area contributed by atoms with Gasteiger partial charge in [-0.1, -0.05) is 11.6 Å². The van der Waals surface area contributed by atoms with Crippen molar-refractivity contribution in [3.63, 3.8) is 0 Å². The first kappa shape index (κ1) is 23.2. The Kier molecular flexibility index (Phi) is 6.43. The number of hydrogen-bond donors (Lipinski definition) is 1. The molecule has 1 N–H and O–H groups in total. The molecule has 1 aliphatic rings. The Balaban J connectivity index is 1.49. The van der Waals surface area contributed by atoms with Gasteiger partial charge in [0.25, 0.3) is 5.91 Å². The van der Waals surface area contributed by atoms with Gasteiger partial charge in [0, 0.05) is 35.1 Å². The molecule has 1 fully saturated rings. The Bertz CT molecular complexity index is 1160. The third kappa shape index (κ3) is 5.19. The summed E-state index contributed by atoms with van der Waals surface area (Å²) < 4.78 is 53.2. The van der Waals surface area contributed by atoms with E-state index in [0.29, 0.717) is 41.7 Å². The number of carbonyl (C=O) groups excluding carboxylic acids is 1. The van der Waals surface area contributed by atoms with Crippen molar-refractivity contribution in [2.24, 2.45) is 0 Å². The molecule has 1 saturated carbocycles. The molecular weight excluding hydrogens is 460 g/mol. The highest BCUT2D eigenvalue weighted by Crippen LogP contribution is 2.35. The summed E-state index contributed by atoms with van der Waals surface area (Å²) in [5.41, 5.74) is 0.545. The summed E-state index contributed by atoms with van der Waals surface area (Å²) in [7, 11) is 1.71. The summed E-state index contributed by atoms with van der Waals surface area (Å²) in [5, 5.41) is 3.78. The van der Waals surface area contributed by atoms with Gasteiger partial charge in [-0.05, 0) is 68.1 Å². The lowest BCUT2D eigenvalue weighted by molar-refractivity contribution is -0.144. The van der Waals surface area contributed by atoms with Gasteiger partial charge >= 0.3 is 6.18 Å². The van der Waals surface area contributed by atoms with E-state index in [-0.39, 0.29) is 29.3 Å². The first-order valence-electron chi connectivity index (χ1n) is 10.5. The predicted molar refractivity (Wildman–Crippen MR) is 118 cm³/mol. The van der Waals surface area contributed by atoms with E-state index in [1.165, 1.54) is 36.4 Å². The van der Waals surface area contributed by atoms with Crippen LogP contribution in [0.5, 0.6) is 0 Å². The maximum Gasteiger partial charge on any atom is 0.451 e. The predicted octanol–water partition coefficient (Wildman–Crippen LogP) is 5.62. The third-order valence-electron chi connectivity index (χ3n) is 5.91. The number of hydrogen-bond acceptors (Lipinski definition) is 4. The van der Waals surface area contributed by atoms with Crippen LogP contribution in [0, 0.1) is 5.82 Å². The number of nitrogens with one attached hydrogen (secondary N) is 1. The van der Waals surface area contributed by atoms with Gasteiger partial charge in [-0.25, -0.2) is 14.4 Å². The van der Waals surface area contributed by atoms with Gasteiger partial charge in [-0.3, -0.25) is 4.79 Å². The fourth-order valence-corrected chi connectivity index (χ4v) is 4.30. The molecule has 0 atom stereocenters. The van der Waals surface area contributed by atoms with Gasteiger partial charge in [0.15, 0.2) is 0 Å². The molecule has 1 heterocycles. The first-order valence-corrected chi connectivity index (χ1v) is 10.8. The van der Waals surface area contributed by atoms with Crippen molar-refractivity contribution in [2.75, 3.05) is 11.9 Å². The lowest BCUT2D eigenvalue weighted by atomic mass is 9.90. The monoisotopic (exact) mass is 480 g/mol. The van der Waals surface area contributed by atoms with Gasteiger partial charge in [0.05, 0.1) is 5.52 Å². The van der Waals surface area contributed by atoms with Crippen LogP contribution in [0.25, 0.3) is 10.9 Å². The molecule has 174 valence electrons. The molecule has 0 aliphatic heterocycles. The van der Waals surface area contributed by atoms with E-state index in [0.717, 1.165) is 0 Å². The molecule has 33 heavy (non-hydrogen) atoms. The van der Waals surface area contributed by atoms with Crippen LogP contribution in [0.2, 0.25) is 5.02 Å². The largest absolute Gasteiger partial charge is 0.451 e. The maximum absolute atomic E-state index is 13.4. The van der Waals surface area contributed by atoms with Crippen molar-refractivity contribution in [3.05, 3.63) is 64.7 Å². The van der Waals surface area contributed by atoms with E-state index in [1.807, 2.05) is 0 Å². The summed E-state index contributed by atoms with van der Waals surface area (Å²) >= 11 is 6.08. The van der Waals surface area contributed by atoms with E-state index >= 15 is 0 Å². The number of fused-ring (bicyclic) bond motifs is 1. The quantitative estimate of drug-likeness (QED) is 0.492. The normalized spacial score (nSPS) is 18.8. The highest BCUT2D eigenvalue weighted by molar-refractivity contribution is 6.31. The van der Waals surface area contributed by atoms with Crippen LogP contribution in [0.3, 0.4) is 0 Å². The Morgan fingerprint density at radius 1 is 1.06 bits per heavy atom. The summed E-state index contributed by atoms with van der Waals surface area (Å²) in [5.74, 6) is -1.71. The van der Waals surface area contributed by atoms with Crippen LogP contribution in [-0.4, -0.2) is 35.0 Å². The number of amides is 1. The number of rotatable bonds is 4. The van der Waals surface area contributed by atoms with Gasteiger partial charge < -0.3 is 10.2 Å². The fraction of sp³-hybridized carbons (Fsp3) is 0.348. The number of anilines is 1. The second-order valence-electron chi connectivity index (χ2n) is 8.13. The van der Waals surface area contributed by atoms with Gasteiger partial charge in [-0.2, -0.15) is 13.2 Å². The molecule has 4 rings (SSSR count). The Hall–Kier alpha value is -2.94. The number of carbonyl (C=O) groups is 1. The van der Waals surface area contributed by atoms with Crippen LogP contribution in [0.1, 0.15) is 41.9 Å². The third-order valence-corrected chi connectivity index (χ3v) is 6.15. The smallest absolute Gasteiger partial charge is 0.356 e. The lowest BCUT2D eigenvalue weighted by Gasteiger charge is -2.36. The van der Waals surface area contributed by atoms with Crippen LogP contribution >= 0.6 is 11.6 Å². The standard InChI is InChI=1S/C23H21ClF4N4O/c1-32(20-18-12-14(24)4-11-19(18)30-22(31-20)23(26,27)28)17-9-7-16(8-10-17)29-21(33)13-2-5-15(25)6-3-13/h2-6,11-12,16-17H,7-10H2,1H3,(H,29,33). The van der Waals surface area contributed by atoms with Crippen molar-refractivity contribution in [1.29, 1.82) is 0 Å². The average molecular weight is 481 g/mol. The SMILES string of the molecule is CN(c1nc(C(F)(F)F)nc2ccc(Cl)cc12)C1CCC(NC(=O)c2ccc(F)cc2)CC1. The highest BCUT2D eigenvalue weighted by atomic mass is 35.5. The summed E-state index contributed by atoms with van der Waals surface area (Å²) in [4.78, 5) is 21.6. The van der Waals surface area contributed by atoms with E-state index in [9.17, 15) is 22.4 Å². The molecule has 0 unspecified atom stereocenters. The lowest BCUT2D eigenvalue weighted by Crippen LogP contribution is -2.43. The molecule has 0 saturated heterocycles. The molecule has 1 amide bonds. The Morgan fingerprint density at radius 2 is 1.73 bits per heavy atom. The molecule has 3 aromatic rings. The van der Waals surface area contributed by atoms with Crippen LogP contribution in [-0.2, 0) is 6.18 Å². The minimum Gasteiger partial charge on any atom is -0.356 e. The molecule has 0 spiro atoms. The van der Waals surface area contributed by atoms with Crippen LogP contribution in [0.15, 0.2) is 42.5 Å². The molecule has 1 aromatic heterocycles. The zero-order chi connectivity index (χ0) is 23.8. The van der Waals surface area contributed by atoms with E-state index in [4.69, 9.17) is 11.6 Å². The molecule has 10 heteroatoms. The van der Waals surface area contributed by atoms with Crippen LogP contribution < -0.4 is 10.2 Å². The molecule has 2 aromatic carbocycles. The van der Waals surface area contributed by atoms with Crippen molar-refractivity contribution in [3.8, 4) is 0 Å². The summed E-state index contributed by atoms with van der Waals surface area (Å²) in [6.07, 6.45) is -2.07. The maximum atomic E-state index is 13.4. The van der Waals surface area contributed by atoms with Crippen LogP contribution in [0.4, 0.5) is 23.4 Å². The number of benzene rings is 2. The van der Waals surface area contributed by atoms with Crippen molar-refractivity contribution < 1.29 is 22.4 Å². The van der Waals surface area contributed by atoms with E-state index < -0.39 is 17.8 Å². The van der Waals surface area contributed by atoms with E-state index in [2.05, 4.69) is 15.3 Å². The van der Waals surface area contributed by atoms with Crippen molar-refractivity contribution >= 4 is 34.2 Å².